The Labute approximate surface area is 300 Å². The zero-order valence-electron chi connectivity index (χ0n) is 28.9. The first-order valence-corrected chi connectivity index (χ1v) is 19.7. The monoisotopic (exact) mass is 751 g/mol. The number of aliphatic hydroxyl groups excluding tert-OH is 1. The lowest BCUT2D eigenvalue weighted by molar-refractivity contribution is -0.00833. The van der Waals surface area contributed by atoms with Crippen LogP contribution in [0.25, 0.3) is 0 Å². The number of nitrogens with one attached hydrogen (secondary N) is 1. The van der Waals surface area contributed by atoms with Crippen LogP contribution in [0.1, 0.15) is 50.4 Å². The van der Waals surface area contributed by atoms with Crippen LogP contribution in [0.2, 0.25) is 5.02 Å². The number of aliphatic hydroxyl groups is 1. The molecule has 1 amide bonds. The highest BCUT2D eigenvalue weighted by Crippen LogP contribution is 2.30. The average molecular weight is 752 g/mol. The zero-order chi connectivity index (χ0) is 36.6. The quantitative estimate of drug-likeness (QED) is 0.283. The van der Waals surface area contributed by atoms with E-state index in [4.69, 9.17) is 25.8 Å². The van der Waals surface area contributed by atoms with Crippen LogP contribution in [0.15, 0.2) is 76.5 Å². The summed E-state index contributed by atoms with van der Waals surface area (Å²) >= 11 is 5.98. The summed E-state index contributed by atoms with van der Waals surface area (Å²) in [5, 5.41) is 10.6. The Bertz CT molecular complexity index is 1810. The van der Waals surface area contributed by atoms with Crippen LogP contribution in [-0.4, -0.2) is 95.8 Å². The number of anilines is 1. The number of hydrogen-bond acceptors (Lipinski definition) is 9. The summed E-state index contributed by atoms with van der Waals surface area (Å²) < 4.78 is 74.9. The van der Waals surface area contributed by atoms with Crippen molar-refractivity contribution < 1.29 is 40.9 Å². The molecule has 0 unspecified atom stereocenters. The highest BCUT2D eigenvalue weighted by Gasteiger charge is 2.32. The van der Waals surface area contributed by atoms with Crippen LogP contribution in [0.3, 0.4) is 0 Å². The van der Waals surface area contributed by atoms with Crippen molar-refractivity contribution in [1.82, 2.24) is 9.21 Å². The normalized spacial score (nSPS) is 20.4. The molecule has 3 aromatic carbocycles. The molecule has 50 heavy (non-hydrogen) atoms. The number of halogens is 1. The maximum absolute atomic E-state index is 14.4. The molecule has 0 saturated carbocycles. The van der Waals surface area contributed by atoms with E-state index >= 15 is 0 Å². The van der Waals surface area contributed by atoms with Crippen LogP contribution in [-0.2, 0) is 24.8 Å². The molecule has 4 rings (SSSR count). The van der Waals surface area contributed by atoms with Gasteiger partial charge in [-0.05, 0) is 99.8 Å². The molecule has 0 spiro atoms. The molecule has 1 aliphatic rings. The molecule has 0 aliphatic carbocycles. The second kappa shape index (κ2) is 17.2. The predicted octanol–water partition coefficient (Wildman–Crippen LogP) is 5.27. The first-order chi connectivity index (χ1) is 23.7. The van der Waals surface area contributed by atoms with Crippen molar-refractivity contribution in [2.75, 3.05) is 45.2 Å². The van der Waals surface area contributed by atoms with E-state index in [9.17, 15) is 26.7 Å². The third-order valence-corrected chi connectivity index (χ3v) is 12.1. The number of hydrogen-bond donors (Lipinski definition) is 2. The molecule has 12 nitrogen and oxygen atoms in total. The molecule has 4 atom stereocenters. The van der Waals surface area contributed by atoms with Crippen LogP contribution < -0.4 is 14.2 Å². The minimum atomic E-state index is -4.03. The Kier molecular flexibility index (Phi) is 13.6. The summed E-state index contributed by atoms with van der Waals surface area (Å²) in [4.78, 5) is 16.0. The molecule has 0 saturated heterocycles. The van der Waals surface area contributed by atoms with E-state index in [2.05, 4.69) is 4.72 Å². The van der Waals surface area contributed by atoms with E-state index < -0.39 is 38.1 Å². The minimum Gasteiger partial charge on any atom is -0.497 e. The summed E-state index contributed by atoms with van der Waals surface area (Å²) in [6.45, 7) is 5.56. The van der Waals surface area contributed by atoms with Gasteiger partial charge in [0.25, 0.3) is 15.9 Å². The van der Waals surface area contributed by atoms with Gasteiger partial charge in [-0.2, -0.15) is 4.31 Å². The smallest absolute Gasteiger partial charge is 0.261 e. The summed E-state index contributed by atoms with van der Waals surface area (Å²) in [5.74, 6) is -0.110. The third kappa shape index (κ3) is 9.89. The molecule has 274 valence electrons. The van der Waals surface area contributed by atoms with Gasteiger partial charge >= 0.3 is 0 Å². The molecule has 0 bridgehead atoms. The summed E-state index contributed by atoms with van der Waals surface area (Å²) in [6, 6.07) is 15.7. The highest BCUT2D eigenvalue weighted by atomic mass is 35.5. The summed E-state index contributed by atoms with van der Waals surface area (Å²) in [7, 11) is -4.94. The lowest BCUT2D eigenvalue weighted by atomic mass is 10.0. The van der Waals surface area contributed by atoms with Crippen molar-refractivity contribution >= 4 is 43.2 Å². The lowest BCUT2D eigenvalue weighted by Crippen LogP contribution is -2.48. The van der Waals surface area contributed by atoms with Gasteiger partial charge in [-0.25, -0.2) is 16.8 Å². The van der Waals surface area contributed by atoms with E-state index in [1.54, 1.807) is 13.0 Å². The van der Waals surface area contributed by atoms with Crippen molar-refractivity contribution in [3.63, 3.8) is 0 Å². The summed E-state index contributed by atoms with van der Waals surface area (Å²) in [5.41, 5.74) is 0.251. The number of benzene rings is 3. The molecular weight excluding hydrogens is 706 g/mol. The van der Waals surface area contributed by atoms with Gasteiger partial charge in [0.15, 0.2) is 0 Å². The number of sulfonamides is 2. The number of ether oxygens (including phenoxy) is 3. The van der Waals surface area contributed by atoms with Crippen LogP contribution in [0.5, 0.6) is 11.5 Å². The molecule has 3 aromatic rings. The molecule has 0 fully saturated rings. The Hall–Kier alpha value is -3.40. The second-order valence-corrected chi connectivity index (χ2v) is 16.7. The number of carbonyl (C=O) groups excluding carboxylic acids is 1. The largest absolute Gasteiger partial charge is 0.497 e. The van der Waals surface area contributed by atoms with E-state index in [-0.39, 0.29) is 58.5 Å². The maximum atomic E-state index is 14.4. The van der Waals surface area contributed by atoms with Gasteiger partial charge in [-0.1, -0.05) is 18.5 Å². The topological polar surface area (TPSA) is 152 Å². The molecule has 0 radical (unpaired) electrons. The number of likely N-dealkylation sites (N-methyl/N-ethyl adjacent to an activating group) is 1. The highest BCUT2D eigenvalue weighted by molar-refractivity contribution is 7.92. The number of carbonyl (C=O) groups is 1. The Morgan fingerprint density at radius 3 is 2.32 bits per heavy atom. The van der Waals surface area contributed by atoms with E-state index in [0.29, 0.717) is 30.2 Å². The SMILES string of the molecule is COc1ccc(S(=O)(=O)Nc2ccc3c(c2)C(=O)N([C@@H](C)CO)C[C@H](C)[C@@H](CN(C)S(=O)(=O)c2ccc(Cl)cc2)OCCCC[C@H](C)O3)cc1. The van der Waals surface area contributed by atoms with Gasteiger partial charge in [0.1, 0.15) is 11.5 Å². The first kappa shape index (κ1) is 39.4. The van der Waals surface area contributed by atoms with Gasteiger partial charge in [-0.15, -0.1) is 0 Å². The fourth-order valence-corrected chi connectivity index (χ4v) is 7.91. The number of nitrogens with zero attached hydrogens (tertiary/aromatic N) is 2. The number of fused-ring (bicyclic) bond motifs is 1. The number of methoxy groups -OCH3 is 1. The van der Waals surface area contributed by atoms with E-state index in [1.807, 2.05) is 13.8 Å². The van der Waals surface area contributed by atoms with Crippen molar-refractivity contribution in [3.8, 4) is 11.5 Å². The third-order valence-electron chi connectivity index (χ3n) is 8.63. The van der Waals surface area contributed by atoms with Crippen molar-refractivity contribution in [1.29, 1.82) is 0 Å². The van der Waals surface area contributed by atoms with Crippen LogP contribution in [0.4, 0.5) is 5.69 Å². The Morgan fingerprint density at radius 2 is 1.68 bits per heavy atom. The van der Waals surface area contributed by atoms with Gasteiger partial charge in [0.05, 0.1) is 47.3 Å². The standard InChI is InChI=1S/C35H46ClN3O9S2/c1-24-21-39(25(2)23-40)35(41)32-20-28(37-49(42,43)30-16-12-29(46-5)13-17-30)11-18-33(32)48-26(3)8-6-7-19-47-34(24)22-38(4)50(44,45)31-14-9-27(36)10-15-31/h9-18,20,24-26,34,37,40H,6-8,19,21-23H2,1-5H3/t24-,25-,26-,34+/m0/s1. The fraction of sp³-hybridized carbons (Fsp3) is 0.457. The lowest BCUT2D eigenvalue weighted by Gasteiger charge is -2.35. The zero-order valence-corrected chi connectivity index (χ0v) is 31.3. The number of amides is 1. The van der Waals surface area contributed by atoms with Crippen molar-refractivity contribution in [2.45, 2.75) is 68.1 Å². The first-order valence-electron chi connectivity index (χ1n) is 16.4. The Morgan fingerprint density at radius 1 is 1.02 bits per heavy atom. The second-order valence-electron chi connectivity index (χ2n) is 12.5. The molecular formula is C35H46ClN3O9S2. The summed E-state index contributed by atoms with van der Waals surface area (Å²) in [6.07, 6.45) is 1.18. The Balaban J connectivity index is 1.67. The molecule has 1 heterocycles. The van der Waals surface area contributed by atoms with Gasteiger partial charge in [0.2, 0.25) is 10.0 Å². The molecule has 0 aromatic heterocycles. The van der Waals surface area contributed by atoms with Gasteiger partial charge < -0.3 is 24.2 Å². The molecule has 1 aliphatic heterocycles. The maximum Gasteiger partial charge on any atom is 0.261 e. The van der Waals surface area contributed by atoms with E-state index in [1.165, 1.54) is 84.0 Å². The molecule has 2 N–H and O–H groups in total. The van der Waals surface area contributed by atoms with Gasteiger partial charge in [0, 0.05) is 43.4 Å². The molecule has 15 heteroatoms. The van der Waals surface area contributed by atoms with Crippen LogP contribution in [0, 0.1) is 5.92 Å². The number of rotatable bonds is 10. The average Bonchev–Trinajstić information content (AvgIpc) is 3.09. The fourth-order valence-electron chi connectivity index (χ4n) is 5.56. The van der Waals surface area contributed by atoms with Crippen molar-refractivity contribution in [3.05, 3.63) is 77.3 Å². The predicted molar refractivity (Wildman–Crippen MR) is 192 cm³/mol. The van der Waals surface area contributed by atoms with Crippen LogP contribution >= 0.6 is 11.6 Å². The van der Waals surface area contributed by atoms with E-state index in [0.717, 1.165) is 6.42 Å². The minimum absolute atomic E-state index is 0.00743. The van der Waals surface area contributed by atoms with Crippen molar-refractivity contribution in [2.24, 2.45) is 5.92 Å². The van der Waals surface area contributed by atoms with Gasteiger partial charge in [-0.3, -0.25) is 9.52 Å².